The Labute approximate surface area is 128 Å². The number of likely N-dealkylation sites (N-methyl/N-ethyl adjacent to an activating group) is 1. The summed E-state index contributed by atoms with van der Waals surface area (Å²) in [5, 5.41) is 10.4. The standard InChI is InChI=1S/C16H18N2O4/c1-3-22-18(15(19)12-8-5-4-6-9-12)14-13(16(20)21)10-7-11-17(14)2/h4-10H,3,11H2,1-2H3,(H,20,21). The zero-order valence-corrected chi connectivity index (χ0v) is 12.5. The van der Waals surface area contributed by atoms with Gasteiger partial charge in [0, 0.05) is 19.2 Å². The molecule has 1 aliphatic heterocycles. The first-order chi connectivity index (χ1) is 10.6. The summed E-state index contributed by atoms with van der Waals surface area (Å²) in [4.78, 5) is 31.2. The molecule has 1 amide bonds. The average molecular weight is 302 g/mol. The summed E-state index contributed by atoms with van der Waals surface area (Å²) in [5.41, 5.74) is 0.447. The fraction of sp³-hybridized carbons (Fsp3) is 0.250. The van der Waals surface area contributed by atoms with Gasteiger partial charge >= 0.3 is 5.97 Å². The van der Waals surface area contributed by atoms with Gasteiger partial charge in [0.25, 0.3) is 5.91 Å². The average Bonchev–Trinajstić information content (AvgIpc) is 2.53. The third-order valence-electron chi connectivity index (χ3n) is 3.15. The quantitative estimate of drug-likeness (QED) is 0.841. The smallest absolute Gasteiger partial charge is 0.339 e. The van der Waals surface area contributed by atoms with Crippen LogP contribution in [0.1, 0.15) is 17.3 Å². The van der Waals surface area contributed by atoms with Crippen molar-refractivity contribution in [3.63, 3.8) is 0 Å². The third kappa shape index (κ3) is 3.17. The molecule has 22 heavy (non-hydrogen) atoms. The zero-order chi connectivity index (χ0) is 16.1. The van der Waals surface area contributed by atoms with Crippen molar-refractivity contribution in [1.29, 1.82) is 0 Å². The van der Waals surface area contributed by atoms with Gasteiger partial charge in [-0.3, -0.25) is 9.63 Å². The van der Waals surface area contributed by atoms with Gasteiger partial charge in [-0.15, -0.1) is 0 Å². The van der Waals surface area contributed by atoms with Crippen LogP contribution >= 0.6 is 0 Å². The molecule has 0 fully saturated rings. The molecule has 6 nitrogen and oxygen atoms in total. The van der Waals surface area contributed by atoms with E-state index >= 15 is 0 Å². The number of benzene rings is 1. The van der Waals surface area contributed by atoms with Gasteiger partial charge in [0.1, 0.15) is 5.57 Å². The van der Waals surface area contributed by atoms with Crippen LogP contribution in [0.15, 0.2) is 53.9 Å². The van der Waals surface area contributed by atoms with E-state index in [-0.39, 0.29) is 18.0 Å². The summed E-state index contributed by atoms with van der Waals surface area (Å²) in [5.74, 6) is -1.28. The Morgan fingerprint density at radius 1 is 1.32 bits per heavy atom. The molecule has 0 radical (unpaired) electrons. The lowest BCUT2D eigenvalue weighted by Crippen LogP contribution is -2.41. The Morgan fingerprint density at radius 3 is 2.59 bits per heavy atom. The Kier molecular flexibility index (Phi) is 4.95. The molecule has 1 aromatic carbocycles. The third-order valence-corrected chi connectivity index (χ3v) is 3.15. The highest BCUT2D eigenvalue weighted by Crippen LogP contribution is 2.22. The van der Waals surface area contributed by atoms with E-state index in [1.807, 2.05) is 0 Å². The van der Waals surface area contributed by atoms with Crippen LogP contribution in [-0.4, -0.2) is 47.1 Å². The molecule has 6 heteroatoms. The maximum absolute atomic E-state index is 12.7. The number of aliphatic carboxylic acids is 1. The molecular weight excluding hydrogens is 284 g/mol. The number of amides is 1. The van der Waals surface area contributed by atoms with E-state index in [1.165, 1.54) is 6.08 Å². The molecule has 0 unspecified atom stereocenters. The lowest BCUT2D eigenvalue weighted by Gasteiger charge is -2.33. The maximum atomic E-state index is 12.7. The first kappa shape index (κ1) is 15.8. The summed E-state index contributed by atoms with van der Waals surface area (Å²) in [7, 11) is 1.71. The summed E-state index contributed by atoms with van der Waals surface area (Å²) in [6, 6.07) is 8.62. The second-order valence-corrected chi connectivity index (χ2v) is 4.71. The number of nitrogens with zero attached hydrogens (tertiary/aromatic N) is 2. The van der Waals surface area contributed by atoms with Gasteiger partial charge in [0.15, 0.2) is 5.82 Å². The van der Waals surface area contributed by atoms with Gasteiger partial charge in [0.2, 0.25) is 0 Å². The molecule has 1 N–H and O–H groups in total. The number of carboxylic acid groups (broad SMARTS) is 1. The van der Waals surface area contributed by atoms with E-state index < -0.39 is 11.9 Å². The van der Waals surface area contributed by atoms with Crippen molar-refractivity contribution in [2.45, 2.75) is 6.92 Å². The maximum Gasteiger partial charge on any atom is 0.339 e. The summed E-state index contributed by atoms with van der Waals surface area (Å²) < 4.78 is 0. The first-order valence-corrected chi connectivity index (χ1v) is 6.94. The van der Waals surface area contributed by atoms with Crippen LogP contribution in [-0.2, 0) is 9.63 Å². The zero-order valence-electron chi connectivity index (χ0n) is 12.5. The molecule has 1 aromatic rings. The highest BCUT2D eigenvalue weighted by molar-refractivity contribution is 5.97. The number of rotatable bonds is 5. The van der Waals surface area contributed by atoms with Gasteiger partial charge in [-0.05, 0) is 25.1 Å². The van der Waals surface area contributed by atoms with Gasteiger partial charge in [-0.2, -0.15) is 5.06 Å². The highest BCUT2D eigenvalue weighted by Gasteiger charge is 2.29. The summed E-state index contributed by atoms with van der Waals surface area (Å²) >= 11 is 0. The second kappa shape index (κ2) is 6.91. The van der Waals surface area contributed by atoms with Crippen molar-refractivity contribution in [3.05, 3.63) is 59.4 Å². The molecule has 1 aliphatic rings. The van der Waals surface area contributed by atoms with Crippen molar-refractivity contribution < 1.29 is 19.5 Å². The van der Waals surface area contributed by atoms with Gasteiger partial charge in [-0.25, -0.2) is 4.79 Å². The molecule has 0 aliphatic carbocycles. The van der Waals surface area contributed by atoms with Crippen LogP contribution < -0.4 is 0 Å². The van der Waals surface area contributed by atoms with E-state index in [1.54, 1.807) is 55.3 Å². The lowest BCUT2D eigenvalue weighted by molar-refractivity contribution is -0.134. The predicted octanol–water partition coefficient (Wildman–Crippen LogP) is 1.88. The van der Waals surface area contributed by atoms with Crippen molar-refractivity contribution in [3.8, 4) is 0 Å². The molecular formula is C16H18N2O4. The van der Waals surface area contributed by atoms with Crippen molar-refractivity contribution in [1.82, 2.24) is 9.96 Å². The number of hydroxylamine groups is 2. The van der Waals surface area contributed by atoms with E-state index in [2.05, 4.69) is 0 Å². The van der Waals surface area contributed by atoms with E-state index in [0.29, 0.717) is 12.1 Å². The monoisotopic (exact) mass is 302 g/mol. The molecule has 116 valence electrons. The minimum absolute atomic E-state index is 0.0199. The molecule has 0 saturated carbocycles. The van der Waals surface area contributed by atoms with Crippen LogP contribution in [0.25, 0.3) is 0 Å². The molecule has 0 aromatic heterocycles. The molecule has 0 spiro atoms. The largest absolute Gasteiger partial charge is 0.478 e. The summed E-state index contributed by atoms with van der Waals surface area (Å²) in [6.07, 6.45) is 3.21. The normalized spacial score (nSPS) is 14.2. The second-order valence-electron chi connectivity index (χ2n) is 4.71. The number of hydrogen-bond donors (Lipinski definition) is 1. The summed E-state index contributed by atoms with van der Waals surface area (Å²) in [6.45, 7) is 2.48. The fourth-order valence-corrected chi connectivity index (χ4v) is 2.17. The van der Waals surface area contributed by atoms with Crippen molar-refractivity contribution in [2.75, 3.05) is 20.2 Å². The van der Waals surface area contributed by atoms with Crippen LogP contribution in [0.4, 0.5) is 0 Å². The van der Waals surface area contributed by atoms with Gasteiger partial charge < -0.3 is 10.0 Å². The minimum atomic E-state index is -1.11. The Balaban J connectivity index is 2.48. The number of carbonyl (C=O) groups excluding carboxylic acids is 1. The van der Waals surface area contributed by atoms with Gasteiger partial charge in [-0.1, -0.05) is 24.3 Å². The SMILES string of the molecule is CCON(C(=O)c1ccccc1)C1=C(C(=O)O)C=CCN1C. The van der Waals surface area contributed by atoms with Crippen LogP contribution in [0.5, 0.6) is 0 Å². The molecule has 2 rings (SSSR count). The van der Waals surface area contributed by atoms with Crippen LogP contribution in [0.3, 0.4) is 0 Å². The highest BCUT2D eigenvalue weighted by atomic mass is 16.7. The number of carboxylic acids is 1. The van der Waals surface area contributed by atoms with Crippen molar-refractivity contribution in [2.24, 2.45) is 0 Å². The Morgan fingerprint density at radius 2 is 2.00 bits per heavy atom. The first-order valence-electron chi connectivity index (χ1n) is 6.94. The number of carbonyl (C=O) groups is 2. The predicted molar refractivity (Wildman–Crippen MR) is 80.7 cm³/mol. The Hall–Kier alpha value is -2.60. The Bertz CT molecular complexity index is 622. The van der Waals surface area contributed by atoms with Crippen LogP contribution in [0, 0.1) is 0 Å². The lowest BCUT2D eigenvalue weighted by atomic mass is 10.1. The molecule has 0 bridgehead atoms. The van der Waals surface area contributed by atoms with Crippen molar-refractivity contribution >= 4 is 11.9 Å². The van der Waals surface area contributed by atoms with E-state index in [4.69, 9.17) is 4.84 Å². The van der Waals surface area contributed by atoms with Gasteiger partial charge in [0.05, 0.1) is 6.61 Å². The fourth-order valence-electron chi connectivity index (χ4n) is 2.17. The number of hydrogen-bond acceptors (Lipinski definition) is 4. The minimum Gasteiger partial charge on any atom is -0.478 e. The molecule has 1 heterocycles. The van der Waals surface area contributed by atoms with Crippen LogP contribution in [0.2, 0.25) is 0 Å². The topological polar surface area (TPSA) is 70.1 Å². The van der Waals surface area contributed by atoms with E-state index in [0.717, 1.165) is 5.06 Å². The molecule has 0 atom stereocenters. The molecule has 0 saturated heterocycles. The van der Waals surface area contributed by atoms with E-state index in [9.17, 15) is 14.7 Å².